The van der Waals surface area contributed by atoms with E-state index < -0.39 is 11.7 Å². The molecule has 0 radical (unpaired) electrons. The minimum absolute atomic E-state index is 0.00126. The first-order valence-electron chi connectivity index (χ1n) is 12.6. The van der Waals surface area contributed by atoms with Crippen LogP contribution in [0.1, 0.15) is 37.5 Å². The second-order valence-corrected chi connectivity index (χ2v) is 11.2. The molecule has 1 aromatic heterocycles. The van der Waals surface area contributed by atoms with Gasteiger partial charge in [0, 0.05) is 30.7 Å². The normalized spacial score (nSPS) is 12.8. The molecule has 0 fully saturated rings. The van der Waals surface area contributed by atoms with E-state index in [0.717, 1.165) is 23.1 Å². The van der Waals surface area contributed by atoms with Crippen LogP contribution >= 0.6 is 11.8 Å². The number of nitrogens with one attached hydrogen (secondary N) is 2. The predicted octanol–water partition coefficient (Wildman–Crippen LogP) is 5.22. The second kappa shape index (κ2) is 14.4. The molecule has 0 unspecified atom stereocenters. The van der Waals surface area contributed by atoms with Gasteiger partial charge in [0.25, 0.3) is 0 Å². The lowest BCUT2D eigenvalue weighted by Gasteiger charge is -2.25. The lowest BCUT2D eigenvalue weighted by Crippen LogP contribution is -2.43. The Bertz CT molecular complexity index is 1090. The molecule has 2 amide bonds. The fourth-order valence-electron chi connectivity index (χ4n) is 3.81. The summed E-state index contributed by atoms with van der Waals surface area (Å²) >= 11 is 1.57. The van der Waals surface area contributed by atoms with Crippen molar-refractivity contribution in [2.45, 2.75) is 56.9 Å². The number of ether oxygens (including phenoxy) is 1. The number of alkyl carbamates (subject to hydrolysis) is 1. The molecular formula is C30H37N3O3S. The van der Waals surface area contributed by atoms with Crippen molar-refractivity contribution in [2.75, 3.05) is 12.3 Å². The molecule has 37 heavy (non-hydrogen) atoms. The molecule has 0 aliphatic rings. The zero-order chi connectivity index (χ0) is 26.5. The van der Waals surface area contributed by atoms with E-state index in [2.05, 4.69) is 15.6 Å². The quantitative estimate of drug-likeness (QED) is 0.343. The molecule has 0 saturated heterocycles. The molecule has 2 aromatic carbocycles. The first-order valence-corrected chi connectivity index (χ1v) is 13.7. The molecule has 3 rings (SSSR count). The Hall–Kier alpha value is -3.32. The predicted molar refractivity (Wildman–Crippen MR) is 151 cm³/mol. The monoisotopic (exact) mass is 519 g/mol. The zero-order valence-corrected chi connectivity index (χ0v) is 22.7. The smallest absolute Gasteiger partial charge is 0.407 e. The lowest BCUT2D eigenvalue weighted by atomic mass is 10.1. The van der Waals surface area contributed by atoms with Crippen LogP contribution in [0.25, 0.3) is 0 Å². The van der Waals surface area contributed by atoms with Crippen molar-refractivity contribution in [3.8, 4) is 0 Å². The molecule has 2 atom stereocenters. The first-order chi connectivity index (χ1) is 17.8. The van der Waals surface area contributed by atoms with E-state index in [1.54, 1.807) is 24.2 Å². The van der Waals surface area contributed by atoms with Crippen LogP contribution < -0.4 is 10.6 Å². The number of pyridine rings is 1. The van der Waals surface area contributed by atoms with Crippen molar-refractivity contribution in [1.82, 2.24) is 15.6 Å². The van der Waals surface area contributed by atoms with Crippen molar-refractivity contribution in [3.63, 3.8) is 0 Å². The minimum Gasteiger partial charge on any atom is -0.444 e. The second-order valence-electron chi connectivity index (χ2n) is 9.94. The number of nitrogens with zero attached hydrogens (tertiary/aromatic N) is 1. The Labute approximate surface area is 224 Å². The van der Waals surface area contributed by atoms with Crippen molar-refractivity contribution in [1.29, 1.82) is 0 Å². The van der Waals surface area contributed by atoms with E-state index in [1.165, 1.54) is 0 Å². The van der Waals surface area contributed by atoms with Gasteiger partial charge in [0.2, 0.25) is 5.91 Å². The van der Waals surface area contributed by atoms with Gasteiger partial charge in [0.05, 0.1) is 5.25 Å². The van der Waals surface area contributed by atoms with E-state index in [4.69, 9.17) is 4.74 Å². The standard InChI is InChI=1S/C30H37N3O3S/c1-30(2,3)36-29(35)33-26(20-24-10-6-4-7-11-24)22-37-27(21-25-12-8-5-9-13-25)28(34)32-19-16-23-14-17-31-18-15-23/h4-15,17-18,26-27H,16,19-22H2,1-3H3,(H,32,34)(H,33,35)/t26-,27+/m0/s1. The van der Waals surface area contributed by atoms with Crippen molar-refractivity contribution >= 4 is 23.8 Å². The summed E-state index contributed by atoms with van der Waals surface area (Å²) in [5.74, 6) is 0.572. The molecule has 0 spiro atoms. The van der Waals surface area contributed by atoms with E-state index >= 15 is 0 Å². The summed E-state index contributed by atoms with van der Waals surface area (Å²) in [7, 11) is 0. The highest BCUT2D eigenvalue weighted by molar-refractivity contribution is 8.00. The summed E-state index contributed by atoms with van der Waals surface area (Å²) in [6, 6.07) is 23.8. The summed E-state index contributed by atoms with van der Waals surface area (Å²) in [5, 5.41) is 5.84. The van der Waals surface area contributed by atoms with Crippen LogP contribution in [-0.4, -0.2) is 46.2 Å². The third-order valence-electron chi connectivity index (χ3n) is 5.56. The number of amides is 2. The maximum atomic E-state index is 13.3. The van der Waals surface area contributed by atoms with E-state index in [0.29, 0.717) is 25.1 Å². The molecule has 0 aliphatic carbocycles. The van der Waals surface area contributed by atoms with Crippen LogP contribution in [0.2, 0.25) is 0 Å². The van der Waals surface area contributed by atoms with Crippen molar-refractivity contribution in [2.24, 2.45) is 0 Å². The Morgan fingerprint density at radius 3 is 2.05 bits per heavy atom. The van der Waals surface area contributed by atoms with E-state index in [1.807, 2.05) is 93.6 Å². The summed E-state index contributed by atoms with van der Waals surface area (Å²) in [5.41, 5.74) is 2.76. The minimum atomic E-state index is -0.584. The summed E-state index contributed by atoms with van der Waals surface area (Å²) < 4.78 is 5.51. The van der Waals surface area contributed by atoms with Gasteiger partial charge in [0.15, 0.2) is 0 Å². The third-order valence-corrected chi connectivity index (χ3v) is 6.94. The van der Waals surface area contributed by atoms with Gasteiger partial charge < -0.3 is 15.4 Å². The fourth-order valence-corrected chi connectivity index (χ4v) is 5.02. The SMILES string of the molecule is CC(C)(C)OC(=O)N[C@H](CS[C@H](Cc1ccccc1)C(=O)NCCc1ccncc1)Cc1ccccc1. The molecule has 0 bridgehead atoms. The molecule has 7 heteroatoms. The third kappa shape index (κ3) is 11.1. The van der Waals surface area contributed by atoms with Crippen LogP contribution in [-0.2, 0) is 28.8 Å². The maximum absolute atomic E-state index is 13.3. The summed E-state index contributed by atoms with van der Waals surface area (Å²) in [6.07, 6.45) is 5.07. The maximum Gasteiger partial charge on any atom is 0.407 e. The van der Waals surface area contributed by atoms with Crippen LogP contribution in [0.4, 0.5) is 4.79 Å². The molecule has 3 aromatic rings. The van der Waals surface area contributed by atoms with Gasteiger partial charge in [-0.3, -0.25) is 9.78 Å². The zero-order valence-electron chi connectivity index (χ0n) is 21.9. The largest absolute Gasteiger partial charge is 0.444 e. The number of carbonyl (C=O) groups is 2. The number of carbonyl (C=O) groups excluding carboxylic acids is 2. The Morgan fingerprint density at radius 1 is 0.865 bits per heavy atom. The van der Waals surface area contributed by atoms with Gasteiger partial charge in [-0.2, -0.15) is 0 Å². The fraction of sp³-hybridized carbons (Fsp3) is 0.367. The summed E-state index contributed by atoms with van der Waals surface area (Å²) in [6.45, 7) is 6.09. The molecule has 6 nitrogen and oxygen atoms in total. The number of aromatic nitrogens is 1. The van der Waals surface area contributed by atoms with Crippen LogP contribution in [0.15, 0.2) is 85.2 Å². The average molecular weight is 520 g/mol. The number of hydrogen-bond donors (Lipinski definition) is 2. The van der Waals surface area contributed by atoms with E-state index in [-0.39, 0.29) is 17.2 Å². The van der Waals surface area contributed by atoms with Gasteiger partial charge >= 0.3 is 6.09 Å². The molecule has 196 valence electrons. The molecule has 0 saturated carbocycles. The van der Waals surface area contributed by atoms with Gasteiger partial charge in [-0.05, 0) is 68.9 Å². The summed E-state index contributed by atoms with van der Waals surface area (Å²) in [4.78, 5) is 29.9. The van der Waals surface area contributed by atoms with Crippen LogP contribution in [0.3, 0.4) is 0 Å². The Balaban J connectivity index is 1.67. The average Bonchev–Trinajstić information content (AvgIpc) is 2.87. The number of thioether (sulfide) groups is 1. The van der Waals surface area contributed by atoms with Gasteiger partial charge in [-0.15, -0.1) is 11.8 Å². The molecular weight excluding hydrogens is 482 g/mol. The van der Waals surface area contributed by atoms with Crippen LogP contribution in [0, 0.1) is 0 Å². The van der Waals surface area contributed by atoms with Crippen molar-refractivity contribution in [3.05, 3.63) is 102 Å². The van der Waals surface area contributed by atoms with Gasteiger partial charge in [-0.1, -0.05) is 60.7 Å². The Morgan fingerprint density at radius 2 is 1.46 bits per heavy atom. The Kier molecular flexibility index (Phi) is 11.0. The topological polar surface area (TPSA) is 80.3 Å². The van der Waals surface area contributed by atoms with Crippen LogP contribution in [0.5, 0.6) is 0 Å². The number of benzene rings is 2. The van der Waals surface area contributed by atoms with E-state index in [9.17, 15) is 9.59 Å². The van der Waals surface area contributed by atoms with Gasteiger partial charge in [0.1, 0.15) is 5.60 Å². The van der Waals surface area contributed by atoms with Crippen molar-refractivity contribution < 1.29 is 14.3 Å². The number of hydrogen-bond acceptors (Lipinski definition) is 5. The lowest BCUT2D eigenvalue weighted by molar-refractivity contribution is -0.120. The highest BCUT2D eigenvalue weighted by Gasteiger charge is 2.24. The number of rotatable bonds is 12. The first kappa shape index (κ1) is 28.3. The molecule has 1 heterocycles. The molecule has 2 N–H and O–H groups in total. The van der Waals surface area contributed by atoms with Gasteiger partial charge in [-0.25, -0.2) is 4.79 Å². The highest BCUT2D eigenvalue weighted by Crippen LogP contribution is 2.20. The molecule has 0 aliphatic heterocycles. The highest BCUT2D eigenvalue weighted by atomic mass is 32.2.